The van der Waals surface area contributed by atoms with Crippen LogP contribution in [0.4, 0.5) is 0 Å². The van der Waals surface area contributed by atoms with E-state index in [4.69, 9.17) is 4.74 Å². The van der Waals surface area contributed by atoms with Gasteiger partial charge in [-0.1, -0.05) is 30.3 Å². The zero-order valence-electron chi connectivity index (χ0n) is 11.2. The molecule has 5 heteroatoms. The van der Waals surface area contributed by atoms with E-state index in [1.807, 2.05) is 18.2 Å². The topological polar surface area (TPSA) is 58.2 Å². The van der Waals surface area contributed by atoms with Gasteiger partial charge in [-0.3, -0.25) is 4.79 Å². The number of nitrogens with zero attached hydrogens (tertiary/aromatic N) is 2. The van der Waals surface area contributed by atoms with E-state index in [1.165, 1.54) is 5.56 Å². The van der Waals surface area contributed by atoms with Gasteiger partial charge in [-0.15, -0.1) is 0 Å². The molecule has 0 aliphatic carbocycles. The fourth-order valence-corrected chi connectivity index (χ4v) is 2.44. The van der Waals surface area contributed by atoms with Gasteiger partial charge in [0.1, 0.15) is 0 Å². The second-order valence-electron chi connectivity index (χ2n) is 4.87. The van der Waals surface area contributed by atoms with Gasteiger partial charge in [0.25, 0.3) is 5.91 Å². The van der Waals surface area contributed by atoms with Crippen LogP contribution < -0.4 is 0 Å². The Labute approximate surface area is 117 Å². The number of morpholine rings is 1. The summed E-state index contributed by atoms with van der Waals surface area (Å²) in [4.78, 5) is 20.9. The lowest BCUT2D eigenvalue weighted by atomic mass is 10.1. The van der Waals surface area contributed by atoms with Crippen molar-refractivity contribution in [2.45, 2.75) is 12.5 Å². The molecule has 20 heavy (non-hydrogen) atoms. The highest BCUT2D eigenvalue weighted by atomic mass is 16.5. The third-order valence-electron chi connectivity index (χ3n) is 3.43. The molecule has 1 N–H and O–H groups in total. The van der Waals surface area contributed by atoms with Crippen LogP contribution in [0.3, 0.4) is 0 Å². The van der Waals surface area contributed by atoms with E-state index in [2.05, 4.69) is 22.1 Å². The van der Waals surface area contributed by atoms with Crippen LogP contribution in [-0.2, 0) is 11.2 Å². The zero-order valence-corrected chi connectivity index (χ0v) is 11.2. The first-order chi connectivity index (χ1) is 9.83. The fourth-order valence-electron chi connectivity index (χ4n) is 2.44. The van der Waals surface area contributed by atoms with Crippen molar-refractivity contribution < 1.29 is 9.53 Å². The monoisotopic (exact) mass is 271 g/mol. The minimum absolute atomic E-state index is 0.0464. The van der Waals surface area contributed by atoms with Crippen LogP contribution in [0.15, 0.2) is 42.7 Å². The Hall–Kier alpha value is -2.14. The molecule has 0 spiro atoms. The van der Waals surface area contributed by atoms with Gasteiger partial charge in [0, 0.05) is 31.9 Å². The van der Waals surface area contributed by atoms with E-state index in [0.717, 1.165) is 6.42 Å². The molecule has 104 valence electrons. The summed E-state index contributed by atoms with van der Waals surface area (Å²) < 4.78 is 5.76. The van der Waals surface area contributed by atoms with Gasteiger partial charge in [-0.2, -0.15) is 0 Å². The molecular weight excluding hydrogens is 254 g/mol. The fraction of sp³-hybridized carbons (Fsp3) is 0.333. The summed E-state index contributed by atoms with van der Waals surface area (Å²) in [5.41, 5.74) is 1.23. The average Bonchev–Trinajstić information content (AvgIpc) is 3.02. The number of imidazole rings is 1. The van der Waals surface area contributed by atoms with Crippen LogP contribution in [0.5, 0.6) is 0 Å². The van der Waals surface area contributed by atoms with Crippen molar-refractivity contribution in [1.82, 2.24) is 14.9 Å². The van der Waals surface area contributed by atoms with Gasteiger partial charge in [0.05, 0.1) is 12.7 Å². The van der Waals surface area contributed by atoms with Gasteiger partial charge in [0.15, 0.2) is 5.82 Å². The van der Waals surface area contributed by atoms with Gasteiger partial charge in [0.2, 0.25) is 0 Å². The van der Waals surface area contributed by atoms with Crippen LogP contribution in [0.2, 0.25) is 0 Å². The standard InChI is InChI=1S/C15H17N3O2/c19-15(14-16-6-7-17-14)18-8-9-20-13(11-18)10-12-4-2-1-3-5-12/h1-7,13H,8-11H2,(H,16,17). The highest BCUT2D eigenvalue weighted by Crippen LogP contribution is 2.13. The van der Waals surface area contributed by atoms with Crippen LogP contribution in [0, 0.1) is 0 Å². The lowest BCUT2D eigenvalue weighted by Gasteiger charge is -2.32. The highest BCUT2D eigenvalue weighted by molar-refractivity contribution is 5.90. The molecule has 1 amide bonds. The molecule has 1 fully saturated rings. The Balaban J connectivity index is 1.63. The normalized spacial score (nSPS) is 19.0. The molecule has 1 unspecified atom stereocenters. The number of carbonyl (C=O) groups excluding carboxylic acids is 1. The largest absolute Gasteiger partial charge is 0.374 e. The number of aromatic nitrogens is 2. The summed E-state index contributed by atoms with van der Waals surface area (Å²) in [5, 5.41) is 0. The summed E-state index contributed by atoms with van der Waals surface area (Å²) in [6, 6.07) is 10.2. The van der Waals surface area contributed by atoms with Gasteiger partial charge in [-0.05, 0) is 5.56 Å². The maximum absolute atomic E-state index is 12.2. The molecule has 2 aromatic rings. The van der Waals surface area contributed by atoms with E-state index in [0.29, 0.717) is 25.5 Å². The number of benzene rings is 1. The summed E-state index contributed by atoms with van der Waals surface area (Å²) in [5.74, 6) is 0.335. The second-order valence-corrected chi connectivity index (χ2v) is 4.87. The van der Waals surface area contributed by atoms with E-state index in [9.17, 15) is 4.79 Å². The molecule has 1 aliphatic rings. The number of hydrogen-bond acceptors (Lipinski definition) is 3. The highest BCUT2D eigenvalue weighted by Gasteiger charge is 2.26. The number of nitrogens with one attached hydrogen (secondary N) is 1. The van der Waals surface area contributed by atoms with Gasteiger partial charge in [-0.25, -0.2) is 4.98 Å². The number of aromatic amines is 1. The molecule has 0 saturated carbocycles. The van der Waals surface area contributed by atoms with Crippen LogP contribution >= 0.6 is 0 Å². The first kappa shape index (κ1) is 12.9. The third-order valence-corrected chi connectivity index (χ3v) is 3.43. The molecule has 0 radical (unpaired) electrons. The van der Waals surface area contributed by atoms with E-state index in [1.54, 1.807) is 17.3 Å². The summed E-state index contributed by atoms with van der Waals surface area (Å²) in [6.07, 6.45) is 4.12. The van der Waals surface area contributed by atoms with Gasteiger partial charge < -0.3 is 14.6 Å². The molecule has 0 bridgehead atoms. The first-order valence-electron chi connectivity index (χ1n) is 6.77. The molecular formula is C15H17N3O2. The van der Waals surface area contributed by atoms with Crippen LogP contribution in [0.1, 0.15) is 16.2 Å². The Morgan fingerprint density at radius 2 is 2.25 bits per heavy atom. The van der Waals surface area contributed by atoms with Crippen LogP contribution in [-0.4, -0.2) is 46.6 Å². The number of amides is 1. The van der Waals surface area contributed by atoms with Crippen molar-refractivity contribution >= 4 is 5.91 Å². The molecule has 1 aromatic heterocycles. The maximum Gasteiger partial charge on any atom is 0.289 e. The third kappa shape index (κ3) is 2.88. The van der Waals surface area contributed by atoms with Crippen molar-refractivity contribution in [2.75, 3.05) is 19.7 Å². The lowest BCUT2D eigenvalue weighted by Crippen LogP contribution is -2.46. The predicted octanol–water partition coefficient (Wildman–Crippen LogP) is 1.49. The summed E-state index contributed by atoms with van der Waals surface area (Å²) in [7, 11) is 0. The SMILES string of the molecule is O=C(c1ncc[nH]1)N1CCOC(Cc2ccccc2)C1. The molecule has 1 aromatic carbocycles. The number of rotatable bonds is 3. The molecule has 1 saturated heterocycles. The molecule has 5 nitrogen and oxygen atoms in total. The molecule has 1 atom stereocenters. The maximum atomic E-state index is 12.2. The molecule has 1 aliphatic heterocycles. The summed E-state index contributed by atoms with van der Waals surface area (Å²) in [6.45, 7) is 1.79. The predicted molar refractivity (Wildman–Crippen MR) is 74.4 cm³/mol. The minimum atomic E-state index is -0.0589. The molecule has 2 heterocycles. The van der Waals surface area contributed by atoms with Crippen molar-refractivity contribution in [3.63, 3.8) is 0 Å². The van der Waals surface area contributed by atoms with E-state index >= 15 is 0 Å². The van der Waals surface area contributed by atoms with Gasteiger partial charge >= 0.3 is 0 Å². The van der Waals surface area contributed by atoms with E-state index in [-0.39, 0.29) is 12.0 Å². The van der Waals surface area contributed by atoms with Crippen molar-refractivity contribution in [3.8, 4) is 0 Å². The van der Waals surface area contributed by atoms with Crippen molar-refractivity contribution in [1.29, 1.82) is 0 Å². The van der Waals surface area contributed by atoms with Crippen LogP contribution in [0.25, 0.3) is 0 Å². The Bertz CT molecular complexity index is 554. The summed E-state index contributed by atoms with van der Waals surface area (Å²) >= 11 is 0. The smallest absolute Gasteiger partial charge is 0.289 e. The number of hydrogen-bond donors (Lipinski definition) is 1. The lowest BCUT2D eigenvalue weighted by molar-refractivity contribution is -0.0211. The molecule has 3 rings (SSSR count). The average molecular weight is 271 g/mol. The Morgan fingerprint density at radius 3 is 3.00 bits per heavy atom. The Morgan fingerprint density at radius 1 is 1.40 bits per heavy atom. The zero-order chi connectivity index (χ0) is 13.8. The van der Waals surface area contributed by atoms with Crippen molar-refractivity contribution in [3.05, 3.63) is 54.1 Å². The second kappa shape index (κ2) is 5.88. The first-order valence-corrected chi connectivity index (χ1v) is 6.77. The number of carbonyl (C=O) groups is 1. The quantitative estimate of drug-likeness (QED) is 0.920. The number of ether oxygens (including phenoxy) is 1. The minimum Gasteiger partial charge on any atom is -0.374 e. The van der Waals surface area contributed by atoms with E-state index < -0.39 is 0 Å². The Kier molecular flexibility index (Phi) is 3.78. The van der Waals surface area contributed by atoms with Crippen molar-refractivity contribution in [2.24, 2.45) is 0 Å². The number of H-pyrrole nitrogens is 1.